The molecular formula is C34H25N5. The lowest BCUT2D eigenvalue weighted by atomic mass is 9.97. The molecule has 0 saturated carbocycles. The van der Waals surface area contributed by atoms with Gasteiger partial charge in [0.1, 0.15) is 17.0 Å². The summed E-state index contributed by atoms with van der Waals surface area (Å²) < 4.78 is 4.61. The first kappa shape index (κ1) is 22.0. The maximum absolute atomic E-state index is 5.44. The normalized spacial score (nSPS) is 12.0. The number of benzene rings is 3. The second-order valence-corrected chi connectivity index (χ2v) is 10.4. The maximum Gasteiger partial charge on any atom is 0.152 e. The van der Waals surface area contributed by atoms with Crippen molar-refractivity contribution in [3.05, 3.63) is 114 Å². The van der Waals surface area contributed by atoms with Gasteiger partial charge in [0, 0.05) is 39.5 Å². The first-order valence-corrected chi connectivity index (χ1v) is 13.2. The molecule has 39 heavy (non-hydrogen) atoms. The molecule has 186 valence electrons. The number of aromatic nitrogens is 5. The number of hydrogen-bond donors (Lipinski definition) is 0. The zero-order valence-corrected chi connectivity index (χ0v) is 22.0. The van der Waals surface area contributed by atoms with Crippen LogP contribution < -0.4 is 0 Å². The molecule has 0 fully saturated rings. The summed E-state index contributed by atoms with van der Waals surface area (Å²) in [7, 11) is 0. The third-order valence-electron chi connectivity index (χ3n) is 7.86. The van der Waals surface area contributed by atoms with E-state index in [0.29, 0.717) is 0 Å². The van der Waals surface area contributed by atoms with Crippen LogP contribution in [0.4, 0.5) is 0 Å². The molecule has 0 saturated heterocycles. The van der Waals surface area contributed by atoms with Gasteiger partial charge in [-0.25, -0.2) is 9.97 Å². The predicted molar refractivity (Wildman–Crippen MR) is 160 cm³/mol. The Morgan fingerprint density at radius 1 is 0.590 bits per heavy atom. The van der Waals surface area contributed by atoms with E-state index in [2.05, 4.69) is 103 Å². The quantitative estimate of drug-likeness (QED) is 0.224. The molecule has 5 heterocycles. The number of rotatable bonds is 2. The first-order valence-electron chi connectivity index (χ1n) is 13.2. The molecule has 0 amide bonds. The molecule has 0 radical (unpaired) electrons. The van der Waals surface area contributed by atoms with E-state index in [9.17, 15) is 0 Å². The van der Waals surface area contributed by atoms with Crippen LogP contribution in [0, 0.1) is 20.8 Å². The van der Waals surface area contributed by atoms with Gasteiger partial charge in [-0.3, -0.25) is 14.0 Å². The highest BCUT2D eigenvalue weighted by Gasteiger charge is 2.26. The Kier molecular flexibility index (Phi) is 4.50. The van der Waals surface area contributed by atoms with Gasteiger partial charge >= 0.3 is 0 Å². The van der Waals surface area contributed by atoms with Crippen molar-refractivity contribution in [2.24, 2.45) is 0 Å². The number of pyridine rings is 3. The van der Waals surface area contributed by atoms with Crippen molar-refractivity contribution in [1.82, 2.24) is 23.9 Å². The van der Waals surface area contributed by atoms with E-state index >= 15 is 0 Å². The fourth-order valence-corrected chi connectivity index (χ4v) is 6.43. The van der Waals surface area contributed by atoms with Gasteiger partial charge in [0.25, 0.3) is 0 Å². The van der Waals surface area contributed by atoms with Gasteiger partial charge in [-0.05, 0) is 68.3 Å². The maximum atomic E-state index is 5.44. The zero-order valence-electron chi connectivity index (χ0n) is 22.0. The number of imidazole rings is 1. The van der Waals surface area contributed by atoms with Crippen molar-refractivity contribution in [3.8, 4) is 17.1 Å². The monoisotopic (exact) mass is 503 g/mol. The van der Waals surface area contributed by atoms with Gasteiger partial charge in [-0.15, -0.1) is 0 Å². The molecule has 0 aliphatic heterocycles. The topological polar surface area (TPSA) is 48.0 Å². The van der Waals surface area contributed by atoms with Gasteiger partial charge in [-0.2, -0.15) is 0 Å². The van der Waals surface area contributed by atoms with Gasteiger partial charge in [0.15, 0.2) is 5.82 Å². The van der Waals surface area contributed by atoms with Crippen molar-refractivity contribution in [1.29, 1.82) is 0 Å². The Bertz CT molecular complexity index is 2190. The minimum atomic E-state index is 0.844. The molecule has 5 nitrogen and oxygen atoms in total. The van der Waals surface area contributed by atoms with Crippen LogP contribution in [0.25, 0.3) is 66.5 Å². The standard InChI is InChI=1S/C34H25N5/c1-20-18-21(2)29(22(3)19-20)31-34(38-27-14-6-4-10-23(27)24-11-5-7-15-28(24)38)39-32-25(12-9-17-36-32)30-26(33(39)37-31)13-8-16-35-30/h4-19H,1-3H3. The Balaban J connectivity index is 1.70. The minimum Gasteiger partial charge on any atom is -0.293 e. The predicted octanol–water partition coefficient (Wildman–Crippen LogP) is 8.12. The van der Waals surface area contributed by atoms with Crippen LogP contribution in [0.2, 0.25) is 0 Å². The molecule has 8 rings (SSSR count). The molecule has 0 spiro atoms. The summed E-state index contributed by atoms with van der Waals surface area (Å²) in [5.41, 5.74) is 10.7. The average Bonchev–Trinajstić information content (AvgIpc) is 3.49. The fraction of sp³-hybridized carbons (Fsp3) is 0.0882. The Hall–Kier alpha value is -5.03. The van der Waals surface area contributed by atoms with Gasteiger partial charge in [-0.1, -0.05) is 54.1 Å². The van der Waals surface area contributed by atoms with E-state index in [1.54, 1.807) is 0 Å². The molecule has 5 aromatic heterocycles. The van der Waals surface area contributed by atoms with Crippen LogP contribution in [-0.2, 0) is 0 Å². The molecule has 0 aliphatic carbocycles. The number of aryl methyl sites for hydroxylation is 3. The SMILES string of the molecule is Cc1cc(C)c(-c2nc3c4cccnc4c4cccnc4n3c2-n2c3ccccc3c3ccccc32)c(C)c1. The lowest BCUT2D eigenvalue weighted by molar-refractivity contribution is 1.05. The van der Waals surface area contributed by atoms with Crippen LogP contribution in [0.15, 0.2) is 97.3 Å². The van der Waals surface area contributed by atoms with Crippen LogP contribution in [0.3, 0.4) is 0 Å². The van der Waals surface area contributed by atoms with Crippen molar-refractivity contribution < 1.29 is 0 Å². The average molecular weight is 504 g/mol. The van der Waals surface area contributed by atoms with E-state index in [0.717, 1.165) is 55.7 Å². The fourth-order valence-electron chi connectivity index (χ4n) is 6.43. The number of para-hydroxylation sites is 2. The Morgan fingerprint density at radius 3 is 1.82 bits per heavy atom. The van der Waals surface area contributed by atoms with Crippen molar-refractivity contribution in [2.45, 2.75) is 20.8 Å². The molecule has 0 N–H and O–H groups in total. The van der Waals surface area contributed by atoms with Crippen LogP contribution >= 0.6 is 0 Å². The zero-order chi connectivity index (χ0) is 26.2. The molecule has 3 aromatic carbocycles. The van der Waals surface area contributed by atoms with Crippen molar-refractivity contribution >= 4 is 49.4 Å². The first-order chi connectivity index (χ1) is 19.1. The number of fused-ring (bicyclic) bond motifs is 9. The summed E-state index contributed by atoms with van der Waals surface area (Å²) in [4.78, 5) is 15.2. The third kappa shape index (κ3) is 2.98. The molecule has 5 heteroatoms. The van der Waals surface area contributed by atoms with E-state index in [1.165, 1.54) is 27.5 Å². The van der Waals surface area contributed by atoms with Crippen molar-refractivity contribution in [2.75, 3.05) is 0 Å². The van der Waals surface area contributed by atoms with E-state index in [-0.39, 0.29) is 0 Å². The van der Waals surface area contributed by atoms with Crippen LogP contribution in [0.1, 0.15) is 16.7 Å². The Labute approximate surface area is 225 Å². The molecule has 0 aliphatic rings. The highest BCUT2D eigenvalue weighted by molar-refractivity contribution is 6.12. The van der Waals surface area contributed by atoms with Gasteiger partial charge < -0.3 is 0 Å². The van der Waals surface area contributed by atoms with E-state index < -0.39 is 0 Å². The molecule has 0 atom stereocenters. The second-order valence-electron chi connectivity index (χ2n) is 10.4. The summed E-state index contributed by atoms with van der Waals surface area (Å²) in [6, 6.07) is 29.9. The second kappa shape index (κ2) is 7.98. The lowest BCUT2D eigenvalue weighted by Crippen LogP contribution is -2.04. The largest absolute Gasteiger partial charge is 0.293 e. The summed E-state index contributed by atoms with van der Waals surface area (Å²) in [5, 5.41) is 4.44. The van der Waals surface area contributed by atoms with Crippen molar-refractivity contribution in [3.63, 3.8) is 0 Å². The molecule has 8 aromatic rings. The molecule has 0 unspecified atom stereocenters. The van der Waals surface area contributed by atoms with Crippen LogP contribution in [0.5, 0.6) is 0 Å². The highest BCUT2D eigenvalue weighted by atomic mass is 15.2. The van der Waals surface area contributed by atoms with E-state index in [1.807, 2.05) is 24.5 Å². The third-order valence-corrected chi connectivity index (χ3v) is 7.86. The Morgan fingerprint density at radius 2 is 1.15 bits per heavy atom. The summed E-state index contributed by atoms with van der Waals surface area (Å²) in [6.45, 7) is 6.52. The summed E-state index contributed by atoms with van der Waals surface area (Å²) >= 11 is 0. The van der Waals surface area contributed by atoms with Gasteiger partial charge in [0.2, 0.25) is 0 Å². The lowest BCUT2D eigenvalue weighted by Gasteiger charge is -2.15. The molecular weight excluding hydrogens is 478 g/mol. The van der Waals surface area contributed by atoms with E-state index in [4.69, 9.17) is 15.0 Å². The van der Waals surface area contributed by atoms with Gasteiger partial charge in [0.05, 0.1) is 16.6 Å². The smallest absolute Gasteiger partial charge is 0.152 e. The molecule has 0 bridgehead atoms. The summed E-state index contributed by atoms with van der Waals surface area (Å²) in [5.74, 6) is 0.993. The number of hydrogen-bond acceptors (Lipinski definition) is 3. The van der Waals surface area contributed by atoms with Crippen LogP contribution in [-0.4, -0.2) is 23.9 Å². The number of nitrogens with zero attached hydrogens (tertiary/aromatic N) is 5. The minimum absolute atomic E-state index is 0.844. The summed E-state index contributed by atoms with van der Waals surface area (Å²) in [6.07, 6.45) is 3.70. The highest BCUT2D eigenvalue weighted by Crippen LogP contribution is 2.41.